The van der Waals surface area contributed by atoms with Gasteiger partial charge in [-0.05, 0) is 23.8 Å². The van der Waals surface area contributed by atoms with Gasteiger partial charge < -0.3 is 10.4 Å². The average molecular weight is 288 g/mol. The summed E-state index contributed by atoms with van der Waals surface area (Å²) in [7, 11) is 0. The van der Waals surface area contributed by atoms with Crippen molar-refractivity contribution in [1.82, 2.24) is 10.3 Å². The zero-order valence-corrected chi connectivity index (χ0v) is 11.3. The predicted molar refractivity (Wildman–Crippen MR) is 76.4 cm³/mol. The van der Waals surface area contributed by atoms with Crippen LogP contribution >= 0.6 is 11.3 Å². The number of aliphatic carboxylic acids is 1. The summed E-state index contributed by atoms with van der Waals surface area (Å²) in [6.07, 6.45) is 2.48. The van der Waals surface area contributed by atoms with Crippen molar-refractivity contribution >= 4 is 29.3 Å². The molecule has 2 rings (SSSR count). The Labute approximate surface area is 119 Å². The molecule has 0 radical (unpaired) electrons. The largest absolute Gasteiger partial charge is 0.478 e. The number of carbonyl (C=O) groups is 2. The fourth-order valence-electron chi connectivity index (χ4n) is 1.55. The number of carboxylic acids is 1. The van der Waals surface area contributed by atoms with Crippen molar-refractivity contribution in [2.45, 2.75) is 6.54 Å². The lowest BCUT2D eigenvalue weighted by Gasteiger charge is -2.04. The summed E-state index contributed by atoms with van der Waals surface area (Å²) in [4.78, 5) is 26.5. The maximum absolute atomic E-state index is 12.0. The lowest BCUT2D eigenvalue weighted by Crippen LogP contribution is -2.22. The predicted octanol–water partition coefficient (Wildman–Crippen LogP) is 2.17. The van der Waals surface area contributed by atoms with Crippen molar-refractivity contribution in [2.24, 2.45) is 0 Å². The Morgan fingerprint density at radius 1 is 1.40 bits per heavy atom. The number of benzene rings is 1. The fourth-order valence-corrected chi connectivity index (χ4v) is 2.11. The van der Waals surface area contributed by atoms with E-state index >= 15 is 0 Å². The first-order valence-corrected chi connectivity index (χ1v) is 6.76. The SMILES string of the molecule is O=C(O)C=Cc1cccc(C(=O)NCc2cscn2)c1. The summed E-state index contributed by atoms with van der Waals surface area (Å²) in [5, 5.41) is 13.2. The van der Waals surface area contributed by atoms with Gasteiger partial charge in [0.05, 0.1) is 17.7 Å². The van der Waals surface area contributed by atoms with Crippen molar-refractivity contribution in [3.05, 3.63) is 58.1 Å². The first-order valence-electron chi connectivity index (χ1n) is 5.81. The van der Waals surface area contributed by atoms with E-state index in [-0.39, 0.29) is 5.91 Å². The van der Waals surface area contributed by atoms with Gasteiger partial charge in [0, 0.05) is 17.0 Å². The topological polar surface area (TPSA) is 79.3 Å². The minimum atomic E-state index is -1.02. The van der Waals surface area contributed by atoms with Crippen LogP contribution in [-0.4, -0.2) is 22.0 Å². The summed E-state index contributed by atoms with van der Waals surface area (Å²) in [6.45, 7) is 0.373. The molecule has 0 fully saturated rings. The first kappa shape index (κ1) is 14.0. The Kier molecular flexibility index (Phi) is 4.62. The molecular weight excluding hydrogens is 276 g/mol. The lowest BCUT2D eigenvalue weighted by atomic mass is 10.1. The van der Waals surface area contributed by atoms with Crippen LogP contribution in [0, 0.1) is 0 Å². The van der Waals surface area contributed by atoms with E-state index in [0.717, 1.165) is 11.8 Å². The molecule has 2 aromatic rings. The third-order valence-electron chi connectivity index (χ3n) is 2.48. The molecule has 1 heterocycles. The van der Waals surface area contributed by atoms with Gasteiger partial charge in [0.1, 0.15) is 0 Å². The first-order chi connectivity index (χ1) is 9.65. The molecule has 1 aromatic carbocycles. The zero-order chi connectivity index (χ0) is 14.4. The minimum Gasteiger partial charge on any atom is -0.478 e. The van der Waals surface area contributed by atoms with Gasteiger partial charge in [-0.15, -0.1) is 11.3 Å². The maximum Gasteiger partial charge on any atom is 0.328 e. The molecule has 6 heteroatoms. The van der Waals surface area contributed by atoms with Crippen molar-refractivity contribution in [1.29, 1.82) is 0 Å². The van der Waals surface area contributed by atoms with E-state index in [4.69, 9.17) is 5.11 Å². The third kappa shape index (κ3) is 4.03. The highest BCUT2D eigenvalue weighted by molar-refractivity contribution is 7.07. The number of hydrogen-bond donors (Lipinski definition) is 2. The maximum atomic E-state index is 12.0. The van der Waals surface area contributed by atoms with Crippen LogP contribution in [0.15, 0.2) is 41.2 Å². The van der Waals surface area contributed by atoms with Gasteiger partial charge in [0.25, 0.3) is 5.91 Å². The van der Waals surface area contributed by atoms with E-state index in [1.807, 2.05) is 5.38 Å². The summed E-state index contributed by atoms with van der Waals surface area (Å²) >= 11 is 1.47. The van der Waals surface area contributed by atoms with Gasteiger partial charge in [-0.25, -0.2) is 9.78 Å². The third-order valence-corrected chi connectivity index (χ3v) is 3.12. The summed E-state index contributed by atoms with van der Waals surface area (Å²) < 4.78 is 0. The Bertz CT molecular complexity index is 636. The van der Waals surface area contributed by atoms with Crippen LogP contribution in [0.3, 0.4) is 0 Å². The quantitative estimate of drug-likeness (QED) is 0.826. The van der Waals surface area contributed by atoms with Crippen LogP contribution in [-0.2, 0) is 11.3 Å². The van der Waals surface area contributed by atoms with E-state index in [2.05, 4.69) is 10.3 Å². The zero-order valence-electron chi connectivity index (χ0n) is 10.4. The summed E-state index contributed by atoms with van der Waals surface area (Å²) in [6, 6.07) is 6.75. The molecule has 5 nitrogen and oxygen atoms in total. The monoisotopic (exact) mass is 288 g/mol. The van der Waals surface area contributed by atoms with Crippen molar-refractivity contribution in [3.63, 3.8) is 0 Å². The van der Waals surface area contributed by atoms with Crippen LogP contribution < -0.4 is 5.32 Å². The number of carbonyl (C=O) groups excluding carboxylic acids is 1. The van der Waals surface area contributed by atoms with Crippen molar-refractivity contribution < 1.29 is 14.7 Å². The van der Waals surface area contributed by atoms with E-state index in [1.54, 1.807) is 29.8 Å². The number of amides is 1. The van der Waals surface area contributed by atoms with Crippen LogP contribution in [0.2, 0.25) is 0 Å². The van der Waals surface area contributed by atoms with Gasteiger partial charge in [0.15, 0.2) is 0 Å². The van der Waals surface area contributed by atoms with Gasteiger partial charge in [0.2, 0.25) is 0 Å². The van der Waals surface area contributed by atoms with Crippen LogP contribution in [0.1, 0.15) is 21.6 Å². The summed E-state index contributed by atoms with van der Waals surface area (Å²) in [5.41, 5.74) is 3.66. The number of nitrogens with one attached hydrogen (secondary N) is 1. The second-order valence-corrected chi connectivity index (χ2v) is 4.68. The number of nitrogens with zero attached hydrogens (tertiary/aromatic N) is 1. The highest BCUT2D eigenvalue weighted by Crippen LogP contribution is 2.08. The molecule has 1 aromatic heterocycles. The Morgan fingerprint density at radius 3 is 2.95 bits per heavy atom. The number of rotatable bonds is 5. The fraction of sp³-hybridized carbons (Fsp3) is 0.0714. The molecular formula is C14H12N2O3S. The Balaban J connectivity index is 2.02. The molecule has 0 saturated carbocycles. The van der Waals surface area contributed by atoms with E-state index in [1.165, 1.54) is 17.4 Å². The molecule has 0 aliphatic heterocycles. The Hall–Kier alpha value is -2.47. The van der Waals surface area contributed by atoms with Crippen molar-refractivity contribution in [2.75, 3.05) is 0 Å². The molecule has 2 N–H and O–H groups in total. The molecule has 102 valence electrons. The van der Waals surface area contributed by atoms with Gasteiger partial charge >= 0.3 is 5.97 Å². The van der Waals surface area contributed by atoms with Crippen LogP contribution in [0.5, 0.6) is 0 Å². The molecule has 0 saturated heterocycles. The molecule has 0 atom stereocenters. The van der Waals surface area contributed by atoms with E-state index in [9.17, 15) is 9.59 Å². The molecule has 0 unspecified atom stereocenters. The molecule has 1 amide bonds. The number of thiazole rings is 1. The standard InChI is InChI=1S/C14H12N2O3S/c17-13(18)5-4-10-2-1-3-11(6-10)14(19)15-7-12-8-20-9-16-12/h1-6,8-9H,7H2,(H,15,19)(H,17,18). The second-order valence-electron chi connectivity index (χ2n) is 3.96. The highest BCUT2D eigenvalue weighted by atomic mass is 32.1. The smallest absolute Gasteiger partial charge is 0.328 e. The molecule has 0 aliphatic carbocycles. The number of carboxylic acid groups (broad SMARTS) is 1. The normalized spacial score (nSPS) is 10.6. The average Bonchev–Trinajstić information content (AvgIpc) is 2.96. The highest BCUT2D eigenvalue weighted by Gasteiger charge is 2.06. The van der Waals surface area contributed by atoms with Gasteiger partial charge in [-0.2, -0.15) is 0 Å². The summed E-state index contributed by atoms with van der Waals surface area (Å²) in [5.74, 6) is -1.24. The van der Waals surface area contributed by atoms with Crippen LogP contribution in [0.4, 0.5) is 0 Å². The molecule has 20 heavy (non-hydrogen) atoms. The van der Waals surface area contributed by atoms with Gasteiger partial charge in [-0.1, -0.05) is 12.1 Å². The Morgan fingerprint density at radius 2 is 2.25 bits per heavy atom. The van der Waals surface area contributed by atoms with Gasteiger partial charge in [-0.3, -0.25) is 4.79 Å². The number of hydrogen-bond acceptors (Lipinski definition) is 4. The second kappa shape index (κ2) is 6.63. The van der Waals surface area contributed by atoms with E-state index < -0.39 is 5.97 Å². The van der Waals surface area contributed by atoms with Crippen LogP contribution in [0.25, 0.3) is 6.08 Å². The molecule has 0 bridgehead atoms. The van der Waals surface area contributed by atoms with E-state index in [0.29, 0.717) is 17.7 Å². The lowest BCUT2D eigenvalue weighted by molar-refractivity contribution is -0.131. The minimum absolute atomic E-state index is 0.219. The molecule has 0 aliphatic rings. The number of aromatic nitrogens is 1. The van der Waals surface area contributed by atoms with Crippen molar-refractivity contribution in [3.8, 4) is 0 Å². The molecule has 0 spiro atoms.